The number of hydrogen-bond acceptors (Lipinski definition) is 3. The van der Waals surface area contributed by atoms with E-state index in [4.69, 9.17) is 8.85 Å². The van der Waals surface area contributed by atoms with Gasteiger partial charge in [-0.2, -0.15) is 0 Å². The summed E-state index contributed by atoms with van der Waals surface area (Å²) < 4.78 is 13.0. The maximum Gasteiger partial charge on any atom is 0.192 e. The third kappa shape index (κ3) is 5.38. The van der Waals surface area contributed by atoms with Gasteiger partial charge in [-0.05, 0) is 42.3 Å². The zero-order valence-electron chi connectivity index (χ0n) is 17.4. The Labute approximate surface area is 151 Å². The summed E-state index contributed by atoms with van der Waals surface area (Å²) in [6.07, 6.45) is 4.16. The molecule has 0 saturated carbocycles. The molecule has 0 saturated heterocycles. The minimum Gasteiger partial charge on any atom is -0.416 e. The summed E-state index contributed by atoms with van der Waals surface area (Å²) in [6.45, 7) is 23.2. The Bertz CT molecular complexity index is 482. The lowest BCUT2D eigenvalue weighted by Gasteiger charge is -2.43. The van der Waals surface area contributed by atoms with Crippen molar-refractivity contribution in [2.45, 2.75) is 90.3 Å². The van der Waals surface area contributed by atoms with E-state index in [1.54, 1.807) is 6.08 Å². The van der Waals surface area contributed by atoms with Gasteiger partial charge < -0.3 is 8.85 Å². The molecule has 0 amide bonds. The second kappa shape index (κ2) is 7.18. The molecule has 0 aliphatic heterocycles. The molecule has 1 aliphatic carbocycles. The Balaban J connectivity index is 2.87. The van der Waals surface area contributed by atoms with Crippen LogP contribution in [0, 0.1) is 5.92 Å². The lowest BCUT2D eigenvalue weighted by atomic mass is 9.93. The summed E-state index contributed by atoms with van der Waals surface area (Å²) in [5, 5.41) is 0.332. The van der Waals surface area contributed by atoms with E-state index >= 15 is 0 Å². The topological polar surface area (TPSA) is 35.5 Å². The van der Waals surface area contributed by atoms with Crippen LogP contribution in [0.3, 0.4) is 0 Å². The molecule has 1 rings (SSSR count). The lowest BCUT2D eigenvalue weighted by Crippen LogP contribution is -2.48. The highest BCUT2D eigenvalue weighted by Crippen LogP contribution is 2.40. The van der Waals surface area contributed by atoms with E-state index in [1.807, 2.05) is 6.08 Å². The van der Waals surface area contributed by atoms with Crippen molar-refractivity contribution in [1.29, 1.82) is 0 Å². The molecule has 0 aromatic heterocycles. The molecule has 140 valence electrons. The average molecular weight is 371 g/mol. The summed E-state index contributed by atoms with van der Waals surface area (Å²) in [5.74, 6) is 0.341. The predicted molar refractivity (Wildman–Crippen MR) is 107 cm³/mol. The van der Waals surface area contributed by atoms with Crippen LogP contribution >= 0.6 is 0 Å². The van der Waals surface area contributed by atoms with Gasteiger partial charge in [0.2, 0.25) is 0 Å². The lowest BCUT2D eigenvalue weighted by molar-refractivity contribution is -0.117. The fraction of sp³-hybridized carbons (Fsp3) is 0.842. The van der Waals surface area contributed by atoms with Gasteiger partial charge >= 0.3 is 0 Å². The monoisotopic (exact) mass is 370 g/mol. The Morgan fingerprint density at radius 3 is 1.96 bits per heavy atom. The predicted octanol–water partition coefficient (Wildman–Crippen LogP) is 5.54. The van der Waals surface area contributed by atoms with Gasteiger partial charge in [-0.25, -0.2) is 0 Å². The second-order valence-corrected chi connectivity index (χ2v) is 19.7. The summed E-state index contributed by atoms with van der Waals surface area (Å²) in [7, 11) is -3.70. The van der Waals surface area contributed by atoms with E-state index in [-0.39, 0.29) is 27.9 Å². The summed E-state index contributed by atoms with van der Waals surface area (Å²) in [4.78, 5) is 11.9. The molecule has 0 aromatic carbocycles. The zero-order chi connectivity index (χ0) is 19.0. The van der Waals surface area contributed by atoms with E-state index in [1.165, 1.54) is 0 Å². The van der Waals surface area contributed by atoms with Crippen LogP contribution < -0.4 is 0 Å². The smallest absolute Gasteiger partial charge is 0.192 e. The molecule has 0 aromatic rings. The van der Waals surface area contributed by atoms with Gasteiger partial charge in [0.25, 0.3) is 0 Å². The van der Waals surface area contributed by atoms with E-state index in [9.17, 15) is 4.79 Å². The van der Waals surface area contributed by atoms with E-state index < -0.39 is 16.6 Å². The number of carbonyl (C=O) groups excluding carboxylic acids is 1. The standard InChI is InChI=1S/C19H38O3Si2/c1-18(2,3)23(7,8)21-14-15-11-12-16(20)13-17(15)22-24(9,10)19(4,5)6/h11-12,15,17H,13-14H2,1-10H3. The maximum atomic E-state index is 11.9. The molecule has 0 heterocycles. The van der Waals surface area contributed by atoms with Crippen LogP contribution in [-0.2, 0) is 13.6 Å². The first kappa shape index (κ1) is 21.8. The molecular formula is C19H38O3Si2. The first-order valence-corrected chi connectivity index (χ1v) is 14.9. The first-order chi connectivity index (χ1) is 10.6. The van der Waals surface area contributed by atoms with E-state index in [0.29, 0.717) is 13.0 Å². The fourth-order valence-electron chi connectivity index (χ4n) is 2.14. The molecule has 24 heavy (non-hydrogen) atoms. The van der Waals surface area contributed by atoms with Crippen LogP contribution in [-0.4, -0.2) is 35.1 Å². The van der Waals surface area contributed by atoms with Crippen molar-refractivity contribution < 1.29 is 13.6 Å². The van der Waals surface area contributed by atoms with Crippen LogP contribution in [0.25, 0.3) is 0 Å². The Hall–Kier alpha value is -0.236. The van der Waals surface area contributed by atoms with Crippen LogP contribution in [0.15, 0.2) is 12.2 Å². The number of ketones is 1. The van der Waals surface area contributed by atoms with Crippen LogP contribution in [0.1, 0.15) is 48.0 Å². The minimum atomic E-state index is -1.91. The highest BCUT2D eigenvalue weighted by molar-refractivity contribution is 6.74. The van der Waals surface area contributed by atoms with Gasteiger partial charge in [0.15, 0.2) is 22.4 Å². The van der Waals surface area contributed by atoms with Crippen molar-refractivity contribution in [2.24, 2.45) is 5.92 Å². The van der Waals surface area contributed by atoms with Gasteiger partial charge in [0, 0.05) is 18.9 Å². The largest absolute Gasteiger partial charge is 0.416 e. The quantitative estimate of drug-likeness (QED) is 0.596. The SMILES string of the molecule is CC(C)(C)[Si](C)(C)OCC1C=CC(=O)CC1O[Si](C)(C)C(C)(C)C. The Kier molecular flexibility index (Phi) is 6.52. The van der Waals surface area contributed by atoms with Crippen molar-refractivity contribution in [3.63, 3.8) is 0 Å². The zero-order valence-corrected chi connectivity index (χ0v) is 19.4. The maximum absolute atomic E-state index is 11.9. The molecule has 0 fully saturated rings. The molecule has 0 spiro atoms. The Morgan fingerprint density at radius 1 is 1.00 bits per heavy atom. The summed E-state index contributed by atoms with van der Waals surface area (Å²) in [6, 6.07) is 0. The number of allylic oxidation sites excluding steroid dienone is 1. The molecule has 1 aliphatic rings. The molecule has 0 bridgehead atoms. The molecule has 2 atom stereocenters. The van der Waals surface area contributed by atoms with Gasteiger partial charge in [-0.3, -0.25) is 4.79 Å². The van der Waals surface area contributed by atoms with Crippen LogP contribution in [0.2, 0.25) is 36.3 Å². The number of rotatable bonds is 5. The molecular weight excluding hydrogens is 332 g/mol. The van der Waals surface area contributed by atoms with Gasteiger partial charge in [0.05, 0.1) is 6.10 Å². The Morgan fingerprint density at radius 2 is 1.50 bits per heavy atom. The minimum absolute atomic E-state index is 0.0480. The summed E-state index contributed by atoms with van der Waals surface area (Å²) >= 11 is 0. The molecule has 0 N–H and O–H groups in total. The van der Waals surface area contributed by atoms with Crippen molar-refractivity contribution >= 4 is 22.4 Å². The first-order valence-electron chi connectivity index (χ1n) is 9.10. The van der Waals surface area contributed by atoms with Crippen LogP contribution in [0.5, 0.6) is 0 Å². The highest BCUT2D eigenvalue weighted by Gasteiger charge is 2.43. The van der Waals surface area contributed by atoms with Gasteiger partial charge in [0.1, 0.15) is 0 Å². The average Bonchev–Trinajstić information content (AvgIpc) is 2.34. The fourth-order valence-corrected chi connectivity index (χ4v) is 4.55. The molecule has 3 nitrogen and oxygen atoms in total. The third-order valence-electron chi connectivity index (χ3n) is 6.10. The molecule has 2 unspecified atom stereocenters. The summed E-state index contributed by atoms with van der Waals surface area (Å²) in [5.41, 5.74) is 0. The van der Waals surface area contributed by atoms with Gasteiger partial charge in [-0.15, -0.1) is 0 Å². The van der Waals surface area contributed by atoms with Crippen molar-refractivity contribution in [3.05, 3.63) is 12.2 Å². The van der Waals surface area contributed by atoms with Crippen molar-refractivity contribution in [3.8, 4) is 0 Å². The normalized spacial score (nSPS) is 23.7. The van der Waals surface area contributed by atoms with Gasteiger partial charge in [-0.1, -0.05) is 47.6 Å². The van der Waals surface area contributed by atoms with E-state index in [2.05, 4.69) is 67.7 Å². The number of carbonyl (C=O) groups is 1. The van der Waals surface area contributed by atoms with E-state index in [0.717, 1.165) is 0 Å². The highest BCUT2D eigenvalue weighted by atomic mass is 28.4. The van der Waals surface area contributed by atoms with Crippen molar-refractivity contribution in [1.82, 2.24) is 0 Å². The van der Waals surface area contributed by atoms with Crippen LogP contribution in [0.4, 0.5) is 0 Å². The third-order valence-corrected chi connectivity index (χ3v) is 15.1. The number of hydrogen-bond donors (Lipinski definition) is 0. The van der Waals surface area contributed by atoms with Crippen molar-refractivity contribution in [2.75, 3.05) is 6.61 Å². The molecule has 0 radical (unpaired) electrons. The second-order valence-electron chi connectivity index (χ2n) is 10.2. The molecule has 5 heteroatoms.